The Kier molecular flexibility index (Phi) is 5.61. The van der Waals surface area contributed by atoms with Crippen LogP contribution >= 0.6 is 0 Å². The number of hydrogen-bond donors (Lipinski definition) is 1. The first-order valence-corrected chi connectivity index (χ1v) is 9.09. The normalized spacial score (nSPS) is 16.1. The van der Waals surface area contributed by atoms with Crippen molar-refractivity contribution >= 4 is 17.5 Å². The lowest BCUT2D eigenvalue weighted by molar-refractivity contribution is -0.137. The van der Waals surface area contributed by atoms with Crippen molar-refractivity contribution in [1.82, 2.24) is 9.47 Å². The first-order valence-electron chi connectivity index (χ1n) is 9.09. The third-order valence-electron chi connectivity index (χ3n) is 4.67. The van der Waals surface area contributed by atoms with Crippen LogP contribution in [0.25, 0.3) is 0 Å². The van der Waals surface area contributed by atoms with Crippen molar-refractivity contribution in [1.29, 1.82) is 0 Å². The molecule has 1 aliphatic heterocycles. The maximum absolute atomic E-state index is 12.7. The van der Waals surface area contributed by atoms with Gasteiger partial charge in [-0.15, -0.1) is 0 Å². The summed E-state index contributed by atoms with van der Waals surface area (Å²) in [6, 6.07) is 11.3. The Morgan fingerprint density at radius 3 is 2.81 bits per heavy atom. The van der Waals surface area contributed by atoms with Crippen LogP contribution in [0, 0.1) is 0 Å². The highest BCUT2D eigenvalue weighted by Crippen LogP contribution is 2.28. The van der Waals surface area contributed by atoms with Gasteiger partial charge < -0.3 is 19.5 Å². The number of benzene rings is 1. The van der Waals surface area contributed by atoms with E-state index in [4.69, 9.17) is 4.74 Å². The van der Waals surface area contributed by atoms with E-state index in [1.54, 1.807) is 31.2 Å². The molecule has 1 aliphatic rings. The Balaban J connectivity index is 1.62. The SMILES string of the molecule is CCC(=O)Nc1cccc(OCC(=O)N2CCn3cccc3[C@H]2CC)c1. The molecule has 1 atom stereocenters. The summed E-state index contributed by atoms with van der Waals surface area (Å²) in [5.41, 5.74) is 1.85. The van der Waals surface area contributed by atoms with E-state index in [9.17, 15) is 9.59 Å². The average molecular weight is 355 g/mol. The molecule has 3 rings (SSSR count). The molecule has 0 unspecified atom stereocenters. The number of nitrogens with one attached hydrogen (secondary N) is 1. The van der Waals surface area contributed by atoms with E-state index in [2.05, 4.69) is 29.1 Å². The van der Waals surface area contributed by atoms with Crippen molar-refractivity contribution < 1.29 is 14.3 Å². The molecule has 1 aromatic carbocycles. The molecule has 1 N–H and O–H groups in total. The van der Waals surface area contributed by atoms with Crippen LogP contribution in [0.5, 0.6) is 5.75 Å². The predicted molar refractivity (Wildman–Crippen MR) is 100 cm³/mol. The molecule has 0 saturated heterocycles. The molecule has 2 amide bonds. The van der Waals surface area contributed by atoms with Crippen LogP contribution in [0.3, 0.4) is 0 Å². The van der Waals surface area contributed by atoms with Crippen LogP contribution in [-0.4, -0.2) is 34.4 Å². The number of carbonyl (C=O) groups excluding carboxylic acids is 2. The molecule has 0 bridgehead atoms. The van der Waals surface area contributed by atoms with Crippen molar-refractivity contribution in [2.24, 2.45) is 0 Å². The Labute approximate surface area is 153 Å². The molecule has 138 valence electrons. The third-order valence-corrected chi connectivity index (χ3v) is 4.67. The molecule has 0 fully saturated rings. The molecule has 0 saturated carbocycles. The van der Waals surface area contributed by atoms with Gasteiger partial charge in [-0.1, -0.05) is 19.9 Å². The Bertz CT molecular complexity index is 784. The molecular weight excluding hydrogens is 330 g/mol. The molecule has 6 nitrogen and oxygen atoms in total. The number of rotatable bonds is 6. The third kappa shape index (κ3) is 3.90. The molecule has 6 heteroatoms. The van der Waals surface area contributed by atoms with Gasteiger partial charge in [-0.2, -0.15) is 0 Å². The topological polar surface area (TPSA) is 63.6 Å². The zero-order valence-electron chi connectivity index (χ0n) is 15.3. The minimum atomic E-state index is -0.0552. The number of aromatic nitrogens is 1. The number of nitrogens with zero attached hydrogens (tertiary/aromatic N) is 2. The van der Waals surface area contributed by atoms with E-state index in [0.29, 0.717) is 24.4 Å². The lowest BCUT2D eigenvalue weighted by Crippen LogP contribution is -2.43. The van der Waals surface area contributed by atoms with Gasteiger partial charge in [0, 0.05) is 43.2 Å². The highest BCUT2D eigenvalue weighted by Gasteiger charge is 2.29. The van der Waals surface area contributed by atoms with Crippen molar-refractivity contribution in [3.63, 3.8) is 0 Å². The summed E-state index contributed by atoms with van der Waals surface area (Å²) in [6.07, 6.45) is 3.35. The van der Waals surface area contributed by atoms with E-state index in [-0.39, 0.29) is 24.5 Å². The lowest BCUT2D eigenvalue weighted by Gasteiger charge is -2.36. The summed E-state index contributed by atoms with van der Waals surface area (Å²) in [6.45, 7) is 5.38. The van der Waals surface area contributed by atoms with E-state index < -0.39 is 0 Å². The Morgan fingerprint density at radius 2 is 2.04 bits per heavy atom. The van der Waals surface area contributed by atoms with Gasteiger partial charge in [0.15, 0.2) is 6.61 Å². The maximum Gasteiger partial charge on any atom is 0.261 e. The molecule has 0 radical (unpaired) electrons. The minimum Gasteiger partial charge on any atom is -0.484 e. The van der Waals surface area contributed by atoms with Gasteiger partial charge in [0.25, 0.3) is 5.91 Å². The summed E-state index contributed by atoms with van der Waals surface area (Å²) in [5.74, 6) is 0.494. The van der Waals surface area contributed by atoms with Gasteiger partial charge in [-0.3, -0.25) is 9.59 Å². The second-order valence-corrected chi connectivity index (χ2v) is 6.36. The van der Waals surface area contributed by atoms with Crippen molar-refractivity contribution in [3.05, 3.63) is 48.3 Å². The number of carbonyl (C=O) groups is 2. The minimum absolute atomic E-state index is 0.0115. The van der Waals surface area contributed by atoms with E-state index in [1.165, 1.54) is 5.69 Å². The molecule has 2 heterocycles. The maximum atomic E-state index is 12.7. The summed E-state index contributed by atoms with van der Waals surface area (Å²) >= 11 is 0. The monoisotopic (exact) mass is 355 g/mol. The summed E-state index contributed by atoms with van der Waals surface area (Å²) < 4.78 is 7.90. The Hall–Kier alpha value is -2.76. The van der Waals surface area contributed by atoms with Crippen LogP contribution in [0.15, 0.2) is 42.6 Å². The highest BCUT2D eigenvalue weighted by atomic mass is 16.5. The summed E-state index contributed by atoms with van der Waals surface area (Å²) in [5, 5.41) is 2.79. The van der Waals surface area contributed by atoms with Crippen molar-refractivity contribution in [3.8, 4) is 5.75 Å². The smallest absolute Gasteiger partial charge is 0.261 e. The van der Waals surface area contributed by atoms with Crippen LogP contribution in [-0.2, 0) is 16.1 Å². The number of amides is 2. The second-order valence-electron chi connectivity index (χ2n) is 6.36. The first-order chi connectivity index (χ1) is 12.6. The van der Waals surface area contributed by atoms with E-state index >= 15 is 0 Å². The van der Waals surface area contributed by atoms with Crippen LogP contribution in [0.1, 0.15) is 38.4 Å². The molecule has 0 spiro atoms. The molecule has 0 aliphatic carbocycles. The summed E-state index contributed by atoms with van der Waals surface area (Å²) in [4.78, 5) is 26.1. The quantitative estimate of drug-likeness (QED) is 0.865. The van der Waals surface area contributed by atoms with Gasteiger partial charge in [0.2, 0.25) is 5.91 Å². The molecular formula is C20H25N3O3. The van der Waals surface area contributed by atoms with E-state index in [1.807, 2.05) is 11.0 Å². The fourth-order valence-electron chi connectivity index (χ4n) is 3.33. The van der Waals surface area contributed by atoms with Crippen LogP contribution in [0.2, 0.25) is 0 Å². The predicted octanol–water partition coefficient (Wildman–Crippen LogP) is 3.21. The van der Waals surface area contributed by atoms with Gasteiger partial charge in [0.05, 0.1) is 6.04 Å². The zero-order valence-corrected chi connectivity index (χ0v) is 15.3. The van der Waals surface area contributed by atoms with Gasteiger partial charge in [-0.25, -0.2) is 0 Å². The van der Waals surface area contributed by atoms with Crippen LogP contribution in [0.4, 0.5) is 5.69 Å². The standard InChI is InChI=1S/C20H25N3O3/c1-3-17-18-9-6-10-22(18)11-12-23(17)20(25)14-26-16-8-5-7-15(13-16)21-19(24)4-2/h5-10,13,17H,3-4,11-12,14H2,1-2H3,(H,21,24)/t17-/m1/s1. The van der Waals surface area contributed by atoms with Gasteiger partial charge in [-0.05, 0) is 30.7 Å². The number of fused-ring (bicyclic) bond motifs is 1. The van der Waals surface area contributed by atoms with Crippen molar-refractivity contribution in [2.45, 2.75) is 39.3 Å². The Morgan fingerprint density at radius 1 is 1.19 bits per heavy atom. The van der Waals surface area contributed by atoms with Crippen LogP contribution < -0.4 is 10.1 Å². The highest BCUT2D eigenvalue weighted by molar-refractivity contribution is 5.90. The summed E-state index contributed by atoms with van der Waals surface area (Å²) in [7, 11) is 0. The first kappa shape index (κ1) is 18.0. The second kappa shape index (κ2) is 8.08. The number of hydrogen-bond acceptors (Lipinski definition) is 3. The fourth-order valence-corrected chi connectivity index (χ4v) is 3.33. The number of ether oxygens (including phenoxy) is 1. The fraction of sp³-hybridized carbons (Fsp3) is 0.400. The number of anilines is 1. The largest absolute Gasteiger partial charge is 0.484 e. The van der Waals surface area contributed by atoms with Crippen molar-refractivity contribution in [2.75, 3.05) is 18.5 Å². The average Bonchev–Trinajstić information content (AvgIpc) is 3.14. The van der Waals surface area contributed by atoms with Gasteiger partial charge >= 0.3 is 0 Å². The van der Waals surface area contributed by atoms with E-state index in [0.717, 1.165) is 13.0 Å². The lowest BCUT2D eigenvalue weighted by atomic mass is 10.1. The van der Waals surface area contributed by atoms with Gasteiger partial charge in [0.1, 0.15) is 5.75 Å². The molecule has 1 aromatic heterocycles. The molecule has 26 heavy (non-hydrogen) atoms. The molecule has 2 aromatic rings. The zero-order chi connectivity index (χ0) is 18.5.